The van der Waals surface area contributed by atoms with Crippen molar-refractivity contribution < 1.29 is 0 Å². The first-order chi connectivity index (χ1) is 7.18. The third-order valence-electron chi connectivity index (χ3n) is 3.01. The van der Waals surface area contributed by atoms with E-state index >= 15 is 0 Å². The van der Waals surface area contributed by atoms with E-state index in [1.54, 1.807) is 12.4 Å². The molecule has 2 heteroatoms. The highest BCUT2D eigenvalue weighted by molar-refractivity contribution is 5.74. The first kappa shape index (κ1) is 10.1. The lowest BCUT2D eigenvalue weighted by Gasteiger charge is -2.17. The van der Waals surface area contributed by atoms with Crippen LogP contribution in [0.15, 0.2) is 30.1 Å². The van der Waals surface area contributed by atoms with E-state index < -0.39 is 0 Å². The van der Waals surface area contributed by atoms with Gasteiger partial charge in [-0.15, -0.1) is 0 Å². The molecule has 1 aromatic heterocycles. The molecule has 0 spiro atoms. The van der Waals surface area contributed by atoms with Gasteiger partial charge in [-0.05, 0) is 31.8 Å². The van der Waals surface area contributed by atoms with Gasteiger partial charge in [-0.1, -0.05) is 24.6 Å². The van der Waals surface area contributed by atoms with Crippen LogP contribution in [0.25, 0.3) is 5.57 Å². The van der Waals surface area contributed by atoms with Gasteiger partial charge in [-0.25, -0.2) is 0 Å². The Bertz CT molecular complexity index is 430. The highest BCUT2D eigenvalue weighted by Gasteiger charge is 2.13. The van der Waals surface area contributed by atoms with Crippen LogP contribution in [-0.2, 0) is 0 Å². The fraction of sp³-hybridized carbons (Fsp3) is 0.385. The quantitative estimate of drug-likeness (QED) is 0.696. The van der Waals surface area contributed by atoms with Crippen molar-refractivity contribution in [2.45, 2.75) is 27.2 Å². The number of aromatic nitrogens is 2. The molecular formula is C13H16N2. The molecule has 1 unspecified atom stereocenters. The molecule has 0 saturated heterocycles. The molecule has 15 heavy (non-hydrogen) atoms. The smallest absolute Gasteiger partial charge is 0.0911 e. The van der Waals surface area contributed by atoms with Crippen LogP contribution in [0.2, 0.25) is 0 Å². The van der Waals surface area contributed by atoms with Gasteiger partial charge in [0.1, 0.15) is 0 Å². The van der Waals surface area contributed by atoms with E-state index in [4.69, 9.17) is 0 Å². The number of nitrogens with zero attached hydrogens (tertiary/aromatic N) is 2. The summed E-state index contributed by atoms with van der Waals surface area (Å²) in [6, 6.07) is 0. The van der Waals surface area contributed by atoms with Gasteiger partial charge >= 0.3 is 0 Å². The fourth-order valence-electron chi connectivity index (χ4n) is 1.79. The van der Waals surface area contributed by atoms with Crippen LogP contribution in [0, 0.1) is 12.8 Å². The van der Waals surface area contributed by atoms with Crippen molar-refractivity contribution >= 4 is 5.57 Å². The molecule has 2 rings (SSSR count). The van der Waals surface area contributed by atoms with Crippen LogP contribution >= 0.6 is 0 Å². The van der Waals surface area contributed by atoms with Crippen molar-refractivity contribution in [3.8, 4) is 0 Å². The van der Waals surface area contributed by atoms with Crippen molar-refractivity contribution in [1.82, 2.24) is 9.97 Å². The molecule has 0 amide bonds. The molecule has 0 aliphatic heterocycles. The normalized spacial score (nSPS) is 20.9. The number of rotatable bonds is 1. The third kappa shape index (κ3) is 1.99. The van der Waals surface area contributed by atoms with Gasteiger partial charge in [0.25, 0.3) is 0 Å². The molecule has 1 aliphatic carbocycles. The Balaban J connectivity index is 2.38. The Kier molecular flexibility index (Phi) is 2.67. The van der Waals surface area contributed by atoms with Crippen molar-refractivity contribution in [3.63, 3.8) is 0 Å². The molecule has 2 nitrogen and oxygen atoms in total. The zero-order valence-electron chi connectivity index (χ0n) is 9.49. The van der Waals surface area contributed by atoms with E-state index in [0.717, 1.165) is 17.8 Å². The predicted molar refractivity (Wildman–Crippen MR) is 62.3 cm³/mol. The van der Waals surface area contributed by atoms with Crippen molar-refractivity contribution in [2.24, 2.45) is 5.92 Å². The molecule has 1 aliphatic rings. The number of allylic oxidation sites excluding steroid dienone is 4. The molecule has 0 bridgehead atoms. The summed E-state index contributed by atoms with van der Waals surface area (Å²) in [4.78, 5) is 8.65. The van der Waals surface area contributed by atoms with Crippen molar-refractivity contribution in [2.75, 3.05) is 0 Å². The highest BCUT2D eigenvalue weighted by Crippen LogP contribution is 2.28. The Hall–Kier alpha value is -1.44. The molecule has 0 saturated carbocycles. The summed E-state index contributed by atoms with van der Waals surface area (Å²) < 4.78 is 0. The average molecular weight is 200 g/mol. The van der Waals surface area contributed by atoms with Crippen LogP contribution in [0.4, 0.5) is 0 Å². The zero-order valence-corrected chi connectivity index (χ0v) is 9.49. The monoisotopic (exact) mass is 200 g/mol. The molecule has 0 fully saturated rings. The summed E-state index contributed by atoms with van der Waals surface area (Å²) in [7, 11) is 0. The lowest BCUT2D eigenvalue weighted by Crippen LogP contribution is -2.03. The van der Waals surface area contributed by atoms with Gasteiger partial charge < -0.3 is 0 Å². The second-order valence-corrected chi connectivity index (χ2v) is 4.17. The second kappa shape index (κ2) is 3.97. The summed E-state index contributed by atoms with van der Waals surface area (Å²) in [6.07, 6.45) is 9.08. The first-order valence-electron chi connectivity index (χ1n) is 5.35. The SMILES string of the molecule is CC1=CC(c2nccnc2C)=CCC1C. The summed E-state index contributed by atoms with van der Waals surface area (Å²) in [5.41, 5.74) is 4.67. The zero-order chi connectivity index (χ0) is 10.8. The van der Waals surface area contributed by atoms with Crippen molar-refractivity contribution in [1.29, 1.82) is 0 Å². The molecule has 1 heterocycles. The van der Waals surface area contributed by atoms with Crippen LogP contribution < -0.4 is 0 Å². The highest BCUT2D eigenvalue weighted by atomic mass is 14.8. The van der Waals surface area contributed by atoms with Crippen LogP contribution in [0.5, 0.6) is 0 Å². The number of hydrogen-bond acceptors (Lipinski definition) is 2. The Morgan fingerprint density at radius 3 is 2.60 bits per heavy atom. The molecule has 1 aromatic rings. The van der Waals surface area contributed by atoms with Crippen LogP contribution in [-0.4, -0.2) is 9.97 Å². The van der Waals surface area contributed by atoms with E-state index in [1.807, 2.05) is 6.92 Å². The van der Waals surface area contributed by atoms with Gasteiger partial charge in [-0.3, -0.25) is 9.97 Å². The Labute approximate surface area is 90.8 Å². The molecular weight excluding hydrogens is 184 g/mol. The minimum atomic E-state index is 0.658. The minimum absolute atomic E-state index is 0.658. The van der Waals surface area contributed by atoms with E-state index in [1.165, 1.54) is 11.1 Å². The molecule has 0 aromatic carbocycles. The maximum absolute atomic E-state index is 4.39. The second-order valence-electron chi connectivity index (χ2n) is 4.17. The molecule has 1 atom stereocenters. The third-order valence-corrected chi connectivity index (χ3v) is 3.01. The summed E-state index contributed by atoms with van der Waals surface area (Å²) in [5, 5.41) is 0. The molecule has 78 valence electrons. The minimum Gasteiger partial charge on any atom is -0.258 e. The van der Waals surface area contributed by atoms with E-state index in [2.05, 4.69) is 36.0 Å². The average Bonchev–Trinajstić information content (AvgIpc) is 2.23. The maximum atomic E-state index is 4.39. The molecule has 0 N–H and O–H groups in total. The summed E-state index contributed by atoms with van der Waals surface area (Å²) in [5.74, 6) is 0.658. The summed E-state index contributed by atoms with van der Waals surface area (Å²) in [6.45, 7) is 6.44. The standard InChI is InChI=1S/C13H16N2/c1-9-4-5-12(8-10(9)2)13-11(3)14-6-7-15-13/h5-9H,4H2,1-3H3. The largest absolute Gasteiger partial charge is 0.258 e. The fourth-order valence-corrected chi connectivity index (χ4v) is 1.79. The molecule has 0 radical (unpaired) electrons. The van der Waals surface area contributed by atoms with Crippen molar-refractivity contribution in [3.05, 3.63) is 41.5 Å². The lowest BCUT2D eigenvalue weighted by atomic mass is 9.89. The van der Waals surface area contributed by atoms with Crippen LogP contribution in [0.1, 0.15) is 31.7 Å². The van der Waals surface area contributed by atoms with Crippen LogP contribution in [0.3, 0.4) is 0 Å². The summed E-state index contributed by atoms with van der Waals surface area (Å²) >= 11 is 0. The van der Waals surface area contributed by atoms with Gasteiger partial charge in [-0.2, -0.15) is 0 Å². The van der Waals surface area contributed by atoms with E-state index in [9.17, 15) is 0 Å². The lowest BCUT2D eigenvalue weighted by molar-refractivity contribution is 0.688. The van der Waals surface area contributed by atoms with E-state index in [0.29, 0.717) is 5.92 Å². The number of hydrogen-bond donors (Lipinski definition) is 0. The Morgan fingerprint density at radius 2 is 1.93 bits per heavy atom. The first-order valence-corrected chi connectivity index (χ1v) is 5.35. The Morgan fingerprint density at radius 1 is 1.20 bits per heavy atom. The maximum Gasteiger partial charge on any atom is 0.0911 e. The van der Waals surface area contributed by atoms with Gasteiger partial charge in [0.2, 0.25) is 0 Å². The number of aryl methyl sites for hydroxylation is 1. The van der Waals surface area contributed by atoms with Gasteiger partial charge in [0.15, 0.2) is 0 Å². The topological polar surface area (TPSA) is 25.8 Å². The van der Waals surface area contributed by atoms with Gasteiger partial charge in [0.05, 0.1) is 11.4 Å². The van der Waals surface area contributed by atoms with E-state index in [-0.39, 0.29) is 0 Å². The van der Waals surface area contributed by atoms with Gasteiger partial charge in [0, 0.05) is 12.4 Å². The predicted octanol–water partition coefficient (Wildman–Crippen LogP) is 3.15.